The first-order chi connectivity index (χ1) is 16.3. The summed E-state index contributed by atoms with van der Waals surface area (Å²) in [5.41, 5.74) is 1.29. The molecule has 2 amide bonds. The van der Waals surface area contributed by atoms with Crippen molar-refractivity contribution in [2.45, 2.75) is 13.2 Å². The largest absolute Gasteiger partial charge is 0.484 e. The predicted octanol–water partition coefficient (Wildman–Crippen LogP) is 3.81. The fourth-order valence-electron chi connectivity index (χ4n) is 3.13. The standard InChI is InChI=1S/C22H20Cl2N6O4/c1-29-11-13(9-26-29)8-25-22(32)20-17(10-27-30(20)2)28-21(31)19-6-4-15(34-19)12-33-18-5-3-14(23)7-16(18)24/h3-7,9-11H,8,12H2,1-2H3,(H,25,32)(H,28,31). The Morgan fingerprint density at radius 3 is 2.65 bits per heavy atom. The van der Waals surface area contributed by atoms with Gasteiger partial charge in [-0.05, 0) is 30.3 Å². The maximum Gasteiger partial charge on any atom is 0.291 e. The number of rotatable bonds is 8. The van der Waals surface area contributed by atoms with Gasteiger partial charge in [0, 0.05) is 37.4 Å². The molecule has 2 N–H and O–H groups in total. The Kier molecular flexibility index (Phi) is 6.90. The molecule has 0 bridgehead atoms. The Labute approximate surface area is 204 Å². The molecule has 12 heteroatoms. The van der Waals surface area contributed by atoms with Crippen LogP contribution in [0.5, 0.6) is 5.75 Å². The number of anilines is 1. The molecule has 1 aromatic carbocycles. The average molecular weight is 503 g/mol. The summed E-state index contributed by atoms with van der Waals surface area (Å²) in [6.07, 6.45) is 4.85. The van der Waals surface area contributed by atoms with E-state index in [1.807, 2.05) is 0 Å². The van der Waals surface area contributed by atoms with Crippen molar-refractivity contribution in [2.75, 3.05) is 5.32 Å². The molecule has 0 saturated carbocycles. The minimum Gasteiger partial charge on any atom is -0.484 e. The van der Waals surface area contributed by atoms with Crippen molar-refractivity contribution in [1.82, 2.24) is 24.9 Å². The number of carbonyl (C=O) groups is 2. The molecule has 0 unspecified atom stereocenters. The van der Waals surface area contributed by atoms with Crippen molar-refractivity contribution in [3.8, 4) is 5.75 Å². The van der Waals surface area contributed by atoms with Crippen LogP contribution in [0.1, 0.15) is 32.4 Å². The lowest BCUT2D eigenvalue weighted by molar-refractivity contribution is 0.0942. The number of amides is 2. The van der Waals surface area contributed by atoms with Crippen molar-refractivity contribution >= 4 is 40.7 Å². The van der Waals surface area contributed by atoms with Crippen molar-refractivity contribution < 1.29 is 18.7 Å². The molecule has 4 aromatic rings. The molecule has 0 saturated heterocycles. The Morgan fingerprint density at radius 1 is 1.09 bits per heavy atom. The van der Waals surface area contributed by atoms with Crippen molar-refractivity contribution in [3.05, 3.63) is 81.7 Å². The Bertz CT molecular complexity index is 1340. The zero-order chi connectivity index (χ0) is 24.2. The summed E-state index contributed by atoms with van der Waals surface area (Å²) in [6.45, 7) is 0.341. The quantitative estimate of drug-likeness (QED) is 0.378. The van der Waals surface area contributed by atoms with Gasteiger partial charge >= 0.3 is 0 Å². The number of furan rings is 1. The van der Waals surface area contributed by atoms with Gasteiger partial charge in [0.1, 0.15) is 23.8 Å². The lowest BCUT2D eigenvalue weighted by Gasteiger charge is -2.08. The van der Waals surface area contributed by atoms with Crippen LogP contribution in [0.4, 0.5) is 5.69 Å². The van der Waals surface area contributed by atoms with Gasteiger partial charge in [-0.1, -0.05) is 23.2 Å². The van der Waals surface area contributed by atoms with Crippen LogP contribution < -0.4 is 15.4 Å². The summed E-state index contributed by atoms with van der Waals surface area (Å²) in [7, 11) is 3.40. The number of aromatic nitrogens is 4. The number of hydrogen-bond donors (Lipinski definition) is 2. The van der Waals surface area contributed by atoms with E-state index in [2.05, 4.69) is 20.8 Å². The minimum absolute atomic E-state index is 0.0476. The Hall–Kier alpha value is -3.76. The smallest absolute Gasteiger partial charge is 0.291 e. The number of carbonyl (C=O) groups excluding carboxylic acids is 2. The molecule has 0 aliphatic heterocycles. The van der Waals surface area contributed by atoms with Crippen LogP contribution in [0.25, 0.3) is 0 Å². The number of nitrogens with zero attached hydrogens (tertiary/aromatic N) is 4. The molecule has 34 heavy (non-hydrogen) atoms. The average Bonchev–Trinajstić information content (AvgIpc) is 3.52. The van der Waals surface area contributed by atoms with Gasteiger partial charge in [0.05, 0.1) is 23.1 Å². The molecular weight excluding hydrogens is 483 g/mol. The molecule has 176 valence electrons. The van der Waals surface area contributed by atoms with Crippen LogP contribution in [0.15, 0.2) is 53.3 Å². The van der Waals surface area contributed by atoms with Crippen molar-refractivity contribution in [1.29, 1.82) is 0 Å². The van der Waals surface area contributed by atoms with Gasteiger partial charge in [0.25, 0.3) is 11.8 Å². The molecule has 10 nitrogen and oxygen atoms in total. The molecule has 0 atom stereocenters. The van der Waals surface area contributed by atoms with Gasteiger partial charge < -0.3 is 19.8 Å². The van der Waals surface area contributed by atoms with Gasteiger partial charge in [-0.25, -0.2) is 0 Å². The maximum atomic E-state index is 12.7. The van der Waals surface area contributed by atoms with E-state index in [0.717, 1.165) is 5.56 Å². The maximum absolute atomic E-state index is 12.7. The van der Waals surface area contributed by atoms with Gasteiger partial charge in [0.15, 0.2) is 5.76 Å². The van der Waals surface area contributed by atoms with E-state index in [4.69, 9.17) is 32.4 Å². The predicted molar refractivity (Wildman–Crippen MR) is 125 cm³/mol. The summed E-state index contributed by atoms with van der Waals surface area (Å²) < 4.78 is 14.2. The van der Waals surface area contributed by atoms with E-state index >= 15 is 0 Å². The molecule has 3 aromatic heterocycles. The SMILES string of the molecule is Cn1cc(CNC(=O)c2c(NC(=O)c3ccc(COc4ccc(Cl)cc4Cl)o3)cnn2C)cn1. The zero-order valence-corrected chi connectivity index (χ0v) is 19.7. The second kappa shape index (κ2) is 10.0. The minimum atomic E-state index is -0.537. The lowest BCUT2D eigenvalue weighted by Crippen LogP contribution is -2.26. The summed E-state index contributed by atoms with van der Waals surface area (Å²) in [5.74, 6) is -0.0356. The Morgan fingerprint density at radius 2 is 1.91 bits per heavy atom. The van der Waals surface area contributed by atoms with Gasteiger partial charge in [-0.3, -0.25) is 19.0 Å². The first-order valence-corrected chi connectivity index (χ1v) is 10.8. The number of ether oxygens (including phenoxy) is 1. The van der Waals surface area contributed by atoms with E-state index in [-0.39, 0.29) is 30.3 Å². The van der Waals surface area contributed by atoms with E-state index in [1.165, 1.54) is 16.9 Å². The van der Waals surface area contributed by atoms with Crippen LogP contribution in [-0.2, 0) is 27.2 Å². The highest BCUT2D eigenvalue weighted by Crippen LogP contribution is 2.28. The number of nitrogens with one attached hydrogen (secondary N) is 2. The second-order valence-electron chi connectivity index (χ2n) is 7.32. The van der Waals surface area contributed by atoms with E-state index in [1.54, 1.807) is 55.4 Å². The van der Waals surface area contributed by atoms with Gasteiger partial charge in [0.2, 0.25) is 0 Å². The molecular formula is C22H20Cl2N6O4. The summed E-state index contributed by atoms with van der Waals surface area (Å²) in [4.78, 5) is 25.4. The van der Waals surface area contributed by atoms with Gasteiger partial charge in [-0.15, -0.1) is 0 Å². The third-order valence-corrected chi connectivity index (χ3v) is 5.29. The third-order valence-electron chi connectivity index (χ3n) is 4.76. The molecule has 0 radical (unpaired) electrons. The molecule has 0 aliphatic rings. The van der Waals surface area contributed by atoms with Crippen LogP contribution in [0, 0.1) is 0 Å². The second-order valence-corrected chi connectivity index (χ2v) is 8.16. The Balaban J connectivity index is 1.38. The first kappa shape index (κ1) is 23.4. The highest BCUT2D eigenvalue weighted by molar-refractivity contribution is 6.35. The molecule has 0 aliphatic carbocycles. The van der Waals surface area contributed by atoms with Crippen LogP contribution in [0.2, 0.25) is 10.0 Å². The van der Waals surface area contributed by atoms with E-state index < -0.39 is 11.8 Å². The highest BCUT2D eigenvalue weighted by atomic mass is 35.5. The lowest BCUT2D eigenvalue weighted by atomic mass is 10.3. The van der Waals surface area contributed by atoms with Crippen molar-refractivity contribution in [3.63, 3.8) is 0 Å². The monoisotopic (exact) mass is 502 g/mol. The van der Waals surface area contributed by atoms with Crippen LogP contribution in [-0.4, -0.2) is 31.4 Å². The fraction of sp³-hybridized carbons (Fsp3) is 0.182. The van der Waals surface area contributed by atoms with Crippen LogP contribution >= 0.6 is 23.2 Å². The number of aryl methyl sites for hydroxylation is 2. The fourth-order valence-corrected chi connectivity index (χ4v) is 3.59. The number of halogens is 2. The normalized spacial score (nSPS) is 10.8. The number of hydrogen-bond acceptors (Lipinski definition) is 6. The van der Waals surface area contributed by atoms with Crippen LogP contribution in [0.3, 0.4) is 0 Å². The summed E-state index contributed by atoms with van der Waals surface area (Å²) >= 11 is 12.0. The summed E-state index contributed by atoms with van der Waals surface area (Å²) in [5, 5.41) is 14.5. The third kappa shape index (κ3) is 5.41. The highest BCUT2D eigenvalue weighted by Gasteiger charge is 2.21. The molecule has 4 rings (SSSR count). The number of benzene rings is 1. The zero-order valence-electron chi connectivity index (χ0n) is 18.2. The summed E-state index contributed by atoms with van der Waals surface area (Å²) in [6, 6.07) is 7.99. The van der Waals surface area contributed by atoms with E-state index in [9.17, 15) is 9.59 Å². The first-order valence-electron chi connectivity index (χ1n) is 10.1. The molecule has 3 heterocycles. The van der Waals surface area contributed by atoms with E-state index in [0.29, 0.717) is 21.6 Å². The topological polar surface area (TPSA) is 116 Å². The van der Waals surface area contributed by atoms with Crippen molar-refractivity contribution in [2.24, 2.45) is 14.1 Å². The molecule has 0 fully saturated rings. The molecule has 0 spiro atoms. The van der Waals surface area contributed by atoms with Gasteiger partial charge in [-0.2, -0.15) is 10.2 Å².